The van der Waals surface area contributed by atoms with E-state index in [1.165, 1.54) is 19.2 Å². The van der Waals surface area contributed by atoms with Crippen molar-refractivity contribution in [1.82, 2.24) is 4.72 Å². The summed E-state index contributed by atoms with van der Waals surface area (Å²) in [6, 6.07) is 6.64. The molecule has 8 heteroatoms. The van der Waals surface area contributed by atoms with Gasteiger partial charge in [0.05, 0.1) is 12.9 Å². The molecule has 1 rings (SSSR count). The molecule has 0 aliphatic rings. The van der Waals surface area contributed by atoms with Gasteiger partial charge in [-0.25, -0.2) is 8.42 Å². The second-order valence-corrected chi connectivity index (χ2v) is 6.17. The summed E-state index contributed by atoms with van der Waals surface area (Å²) in [5, 5.41) is 9.14. The Kier molecular flexibility index (Phi) is 6.32. The molecule has 0 aromatic heterocycles. The number of methoxy groups -OCH3 is 1. The molecule has 0 amide bonds. The van der Waals surface area contributed by atoms with E-state index in [4.69, 9.17) is 5.11 Å². The molecule has 1 aromatic carbocycles. The minimum absolute atomic E-state index is 0.0412. The van der Waals surface area contributed by atoms with Gasteiger partial charge in [0, 0.05) is 6.42 Å². The Balaban J connectivity index is 2.70. The molecule has 0 spiro atoms. The zero-order valence-corrected chi connectivity index (χ0v) is 12.3. The van der Waals surface area contributed by atoms with Crippen molar-refractivity contribution in [3.8, 4) is 0 Å². The van der Waals surface area contributed by atoms with Crippen LogP contribution in [0.3, 0.4) is 0 Å². The Bertz CT molecular complexity index is 584. The fourth-order valence-corrected chi connectivity index (χ4v) is 2.89. The second kappa shape index (κ2) is 7.75. The van der Waals surface area contributed by atoms with Crippen LogP contribution in [0.1, 0.15) is 24.4 Å². The van der Waals surface area contributed by atoms with Crippen molar-refractivity contribution in [2.45, 2.75) is 18.9 Å². The predicted octanol–water partition coefficient (Wildman–Crippen LogP) is 0.685. The van der Waals surface area contributed by atoms with Crippen LogP contribution < -0.4 is 4.72 Å². The SMILES string of the molecule is COC(=O)CCCS(=O)(=O)NC(C(=O)O)c1ccccc1. The molecule has 0 heterocycles. The van der Waals surface area contributed by atoms with E-state index < -0.39 is 28.0 Å². The first kappa shape index (κ1) is 17.1. The highest BCUT2D eigenvalue weighted by molar-refractivity contribution is 7.89. The molecule has 0 saturated carbocycles. The number of benzene rings is 1. The summed E-state index contributed by atoms with van der Waals surface area (Å²) in [5.74, 6) is -2.15. The number of aliphatic carboxylic acids is 1. The lowest BCUT2D eigenvalue weighted by Gasteiger charge is -2.15. The van der Waals surface area contributed by atoms with Crippen molar-refractivity contribution in [3.63, 3.8) is 0 Å². The van der Waals surface area contributed by atoms with Crippen molar-refractivity contribution >= 4 is 22.0 Å². The van der Waals surface area contributed by atoms with Gasteiger partial charge in [0.2, 0.25) is 10.0 Å². The fourth-order valence-electron chi connectivity index (χ4n) is 1.65. The van der Waals surface area contributed by atoms with E-state index in [-0.39, 0.29) is 18.6 Å². The van der Waals surface area contributed by atoms with Gasteiger partial charge in [0.15, 0.2) is 0 Å². The Morgan fingerprint density at radius 2 is 1.90 bits per heavy atom. The first-order valence-electron chi connectivity index (χ1n) is 6.20. The summed E-state index contributed by atoms with van der Waals surface area (Å²) < 4.78 is 30.3. The highest BCUT2D eigenvalue weighted by Gasteiger charge is 2.25. The Morgan fingerprint density at radius 1 is 1.29 bits per heavy atom. The topological polar surface area (TPSA) is 110 Å². The molecule has 0 aliphatic carbocycles. The van der Waals surface area contributed by atoms with Crippen LogP contribution in [0.25, 0.3) is 0 Å². The maximum absolute atomic E-state index is 11.9. The van der Waals surface area contributed by atoms with E-state index >= 15 is 0 Å². The highest BCUT2D eigenvalue weighted by Crippen LogP contribution is 2.14. The van der Waals surface area contributed by atoms with E-state index in [9.17, 15) is 18.0 Å². The van der Waals surface area contributed by atoms with Crippen LogP contribution in [-0.4, -0.2) is 38.3 Å². The number of rotatable bonds is 8. The number of carboxylic acid groups (broad SMARTS) is 1. The van der Waals surface area contributed by atoms with Crippen LogP contribution in [0.5, 0.6) is 0 Å². The molecule has 116 valence electrons. The largest absolute Gasteiger partial charge is 0.480 e. The molecule has 2 N–H and O–H groups in total. The Morgan fingerprint density at radius 3 is 2.43 bits per heavy atom. The third-order valence-corrected chi connectivity index (χ3v) is 4.12. The summed E-state index contributed by atoms with van der Waals surface area (Å²) >= 11 is 0. The van der Waals surface area contributed by atoms with E-state index in [0.717, 1.165) is 0 Å². The Labute approximate surface area is 123 Å². The van der Waals surface area contributed by atoms with Gasteiger partial charge in [-0.15, -0.1) is 0 Å². The van der Waals surface area contributed by atoms with E-state index in [0.29, 0.717) is 5.56 Å². The highest BCUT2D eigenvalue weighted by atomic mass is 32.2. The molecule has 0 radical (unpaired) electrons. The zero-order chi connectivity index (χ0) is 15.9. The molecular formula is C13H17NO6S. The molecule has 0 fully saturated rings. The quantitative estimate of drug-likeness (QED) is 0.683. The van der Waals surface area contributed by atoms with E-state index in [2.05, 4.69) is 9.46 Å². The molecule has 7 nitrogen and oxygen atoms in total. The Hall–Kier alpha value is -1.93. The minimum atomic E-state index is -3.82. The minimum Gasteiger partial charge on any atom is -0.480 e. The third-order valence-electron chi connectivity index (χ3n) is 2.70. The van der Waals surface area contributed by atoms with Gasteiger partial charge in [-0.05, 0) is 12.0 Å². The van der Waals surface area contributed by atoms with Crippen molar-refractivity contribution in [1.29, 1.82) is 0 Å². The number of sulfonamides is 1. The normalized spacial score (nSPS) is 12.6. The van der Waals surface area contributed by atoms with Crippen molar-refractivity contribution < 1.29 is 27.9 Å². The summed E-state index contributed by atoms with van der Waals surface area (Å²) in [6.45, 7) is 0. The number of carboxylic acids is 1. The number of carbonyl (C=O) groups excluding carboxylic acids is 1. The van der Waals surface area contributed by atoms with Gasteiger partial charge in [0.25, 0.3) is 0 Å². The van der Waals surface area contributed by atoms with Crippen LogP contribution in [0.15, 0.2) is 30.3 Å². The van der Waals surface area contributed by atoms with Gasteiger partial charge in [0.1, 0.15) is 6.04 Å². The molecule has 21 heavy (non-hydrogen) atoms. The summed E-state index contributed by atoms with van der Waals surface area (Å²) in [4.78, 5) is 22.1. The first-order valence-corrected chi connectivity index (χ1v) is 7.85. The molecule has 1 atom stereocenters. The van der Waals surface area contributed by atoms with Gasteiger partial charge in [-0.3, -0.25) is 9.59 Å². The van der Waals surface area contributed by atoms with E-state index in [1.807, 2.05) is 0 Å². The first-order chi connectivity index (χ1) is 9.85. The molecule has 0 saturated heterocycles. The maximum Gasteiger partial charge on any atom is 0.326 e. The molecule has 1 unspecified atom stereocenters. The average Bonchev–Trinajstić information content (AvgIpc) is 2.45. The summed E-state index contributed by atoms with van der Waals surface area (Å²) in [5.41, 5.74) is 0.335. The van der Waals surface area contributed by atoms with Gasteiger partial charge in [-0.2, -0.15) is 4.72 Å². The maximum atomic E-state index is 11.9. The standard InChI is InChI=1S/C13H17NO6S/c1-20-11(15)8-5-9-21(18,19)14-12(13(16)17)10-6-3-2-4-7-10/h2-4,6-7,12,14H,5,8-9H2,1H3,(H,16,17). The van der Waals surface area contributed by atoms with Crippen LogP contribution in [-0.2, 0) is 24.3 Å². The molecule has 0 bridgehead atoms. The van der Waals surface area contributed by atoms with Crippen LogP contribution in [0.2, 0.25) is 0 Å². The number of esters is 1. The smallest absolute Gasteiger partial charge is 0.326 e. The summed E-state index contributed by atoms with van der Waals surface area (Å²) in [7, 11) is -2.60. The zero-order valence-electron chi connectivity index (χ0n) is 11.5. The number of nitrogens with one attached hydrogen (secondary N) is 1. The van der Waals surface area contributed by atoms with Gasteiger partial charge >= 0.3 is 11.9 Å². The summed E-state index contributed by atoms with van der Waals surface area (Å²) in [6.07, 6.45) is 0.0175. The fraction of sp³-hybridized carbons (Fsp3) is 0.385. The second-order valence-electron chi connectivity index (χ2n) is 4.30. The number of hydrogen-bond donors (Lipinski definition) is 2. The third kappa shape index (κ3) is 5.92. The van der Waals surface area contributed by atoms with Crippen LogP contribution >= 0.6 is 0 Å². The van der Waals surface area contributed by atoms with Crippen LogP contribution in [0.4, 0.5) is 0 Å². The number of carbonyl (C=O) groups is 2. The van der Waals surface area contributed by atoms with Gasteiger partial charge in [-0.1, -0.05) is 30.3 Å². The lowest BCUT2D eigenvalue weighted by molar-refractivity contribution is -0.141. The molecule has 1 aromatic rings. The lowest BCUT2D eigenvalue weighted by atomic mass is 10.1. The predicted molar refractivity (Wildman–Crippen MR) is 75.0 cm³/mol. The number of ether oxygens (including phenoxy) is 1. The average molecular weight is 315 g/mol. The van der Waals surface area contributed by atoms with Crippen molar-refractivity contribution in [2.24, 2.45) is 0 Å². The van der Waals surface area contributed by atoms with Crippen LogP contribution in [0, 0.1) is 0 Å². The van der Waals surface area contributed by atoms with E-state index in [1.54, 1.807) is 18.2 Å². The molecule has 0 aliphatic heterocycles. The van der Waals surface area contributed by atoms with Crippen molar-refractivity contribution in [3.05, 3.63) is 35.9 Å². The van der Waals surface area contributed by atoms with Gasteiger partial charge < -0.3 is 9.84 Å². The molecular weight excluding hydrogens is 298 g/mol. The lowest BCUT2D eigenvalue weighted by Crippen LogP contribution is -2.35. The van der Waals surface area contributed by atoms with Crippen molar-refractivity contribution in [2.75, 3.05) is 12.9 Å². The number of hydrogen-bond acceptors (Lipinski definition) is 5. The monoisotopic (exact) mass is 315 g/mol.